The minimum atomic E-state index is 0.172. The second kappa shape index (κ2) is 7.70. The SMILES string of the molecule is C[C@H]1C[C@H](C)CN(C(=O)CSc2n[nH]c(-c3ccccc3Br)n2)C1. The molecule has 0 unspecified atom stereocenters. The minimum Gasteiger partial charge on any atom is -0.341 e. The van der Waals surface area contributed by atoms with Crippen LogP contribution in [0.3, 0.4) is 0 Å². The number of hydrogen-bond acceptors (Lipinski definition) is 4. The van der Waals surface area contributed by atoms with Crippen LogP contribution in [-0.2, 0) is 4.79 Å². The van der Waals surface area contributed by atoms with E-state index in [2.05, 4.69) is 45.0 Å². The lowest BCUT2D eigenvalue weighted by molar-refractivity contribution is -0.130. The highest BCUT2D eigenvalue weighted by molar-refractivity contribution is 9.10. The van der Waals surface area contributed by atoms with Gasteiger partial charge in [0.1, 0.15) is 0 Å². The average Bonchev–Trinajstić information content (AvgIpc) is 3.01. The van der Waals surface area contributed by atoms with Gasteiger partial charge < -0.3 is 4.90 Å². The molecule has 2 atom stereocenters. The number of carbonyl (C=O) groups is 1. The second-order valence-corrected chi connectivity index (χ2v) is 8.28. The van der Waals surface area contributed by atoms with E-state index < -0.39 is 0 Å². The van der Waals surface area contributed by atoms with Gasteiger partial charge >= 0.3 is 0 Å². The van der Waals surface area contributed by atoms with E-state index in [0.717, 1.165) is 23.1 Å². The average molecular weight is 409 g/mol. The molecule has 3 rings (SSSR count). The molecule has 1 aliphatic rings. The Kier molecular flexibility index (Phi) is 5.61. The molecule has 1 amide bonds. The number of nitrogens with one attached hydrogen (secondary N) is 1. The third-order valence-electron chi connectivity index (χ3n) is 4.14. The summed E-state index contributed by atoms with van der Waals surface area (Å²) in [7, 11) is 0. The number of likely N-dealkylation sites (tertiary alicyclic amines) is 1. The van der Waals surface area contributed by atoms with Gasteiger partial charge in [0, 0.05) is 23.1 Å². The van der Waals surface area contributed by atoms with Crippen molar-refractivity contribution in [2.45, 2.75) is 25.4 Å². The molecule has 1 aromatic heterocycles. The lowest BCUT2D eigenvalue weighted by Crippen LogP contribution is -2.43. The molecule has 7 heteroatoms. The van der Waals surface area contributed by atoms with E-state index in [9.17, 15) is 4.79 Å². The quantitative estimate of drug-likeness (QED) is 0.780. The first kappa shape index (κ1) is 17.5. The summed E-state index contributed by atoms with van der Waals surface area (Å²) in [5, 5.41) is 7.76. The monoisotopic (exact) mass is 408 g/mol. The molecular formula is C17H21BrN4OS. The highest BCUT2D eigenvalue weighted by Gasteiger charge is 2.25. The maximum Gasteiger partial charge on any atom is 0.233 e. The number of halogens is 1. The summed E-state index contributed by atoms with van der Waals surface area (Å²) >= 11 is 4.90. The Bertz CT molecular complexity index is 710. The summed E-state index contributed by atoms with van der Waals surface area (Å²) in [6.07, 6.45) is 1.20. The molecule has 24 heavy (non-hydrogen) atoms. The molecule has 1 aliphatic heterocycles. The van der Waals surface area contributed by atoms with Crippen molar-refractivity contribution in [1.82, 2.24) is 20.1 Å². The number of piperidine rings is 1. The van der Waals surface area contributed by atoms with Crippen molar-refractivity contribution in [3.05, 3.63) is 28.7 Å². The van der Waals surface area contributed by atoms with Crippen molar-refractivity contribution in [1.29, 1.82) is 0 Å². The number of thioether (sulfide) groups is 1. The topological polar surface area (TPSA) is 61.9 Å². The largest absolute Gasteiger partial charge is 0.341 e. The van der Waals surface area contributed by atoms with E-state index in [1.54, 1.807) is 0 Å². The van der Waals surface area contributed by atoms with Crippen molar-refractivity contribution in [3.63, 3.8) is 0 Å². The van der Waals surface area contributed by atoms with Crippen LogP contribution in [-0.4, -0.2) is 44.8 Å². The molecule has 0 radical (unpaired) electrons. The third kappa shape index (κ3) is 4.19. The molecule has 1 N–H and O–H groups in total. The summed E-state index contributed by atoms with van der Waals surface area (Å²) in [5.74, 6) is 2.41. The minimum absolute atomic E-state index is 0.172. The second-order valence-electron chi connectivity index (χ2n) is 6.48. The number of hydrogen-bond donors (Lipinski definition) is 1. The Morgan fingerprint density at radius 3 is 2.75 bits per heavy atom. The van der Waals surface area contributed by atoms with Crippen LogP contribution in [0, 0.1) is 11.8 Å². The number of rotatable bonds is 4. The number of H-pyrrole nitrogens is 1. The first-order chi connectivity index (χ1) is 11.5. The summed E-state index contributed by atoms with van der Waals surface area (Å²) in [4.78, 5) is 18.9. The van der Waals surface area contributed by atoms with Gasteiger partial charge in [-0.05, 0) is 24.3 Å². The lowest BCUT2D eigenvalue weighted by Gasteiger charge is -2.34. The van der Waals surface area contributed by atoms with Crippen LogP contribution < -0.4 is 0 Å². The molecule has 1 aromatic carbocycles. The van der Waals surface area contributed by atoms with Crippen LogP contribution >= 0.6 is 27.7 Å². The normalized spacial score (nSPS) is 21.0. The van der Waals surface area contributed by atoms with E-state index in [1.807, 2.05) is 29.2 Å². The van der Waals surface area contributed by atoms with Gasteiger partial charge in [-0.3, -0.25) is 9.89 Å². The number of carbonyl (C=O) groups excluding carboxylic acids is 1. The highest BCUT2D eigenvalue weighted by atomic mass is 79.9. The zero-order valence-corrected chi connectivity index (χ0v) is 16.2. The van der Waals surface area contributed by atoms with Crippen LogP contribution in [0.15, 0.2) is 33.9 Å². The third-order valence-corrected chi connectivity index (χ3v) is 5.66. The fourth-order valence-corrected chi connectivity index (χ4v) is 4.34. The van der Waals surface area contributed by atoms with Gasteiger partial charge in [-0.1, -0.05) is 59.7 Å². The number of aromatic amines is 1. The molecule has 0 saturated carbocycles. The van der Waals surface area contributed by atoms with E-state index in [1.165, 1.54) is 18.2 Å². The highest BCUT2D eigenvalue weighted by Crippen LogP contribution is 2.27. The molecule has 0 aliphatic carbocycles. The Hall–Kier alpha value is -1.34. The van der Waals surface area contributed by atoms with Gasteiger partial charge in [0.15, 0.2) is 5.82 Å². The molecule has 2 aromatic rings. The molecule has 0 bridgehead atoms. The van der Waals surface area contributed by atoms with Crippen molar-refractivity contribution < 1.29 is 4.79 Å². The standard InChI is InChI=1S/C17H21BrN4OS/c1-11-7-12(2)9-22(8-11)15(23)10-24-17-19-16(20-21-17)13-5-3-4-6-14(13)18/h3-6,11-12H,7-10H2,1-2H3,(H,19,20,21)/t11-,12-/m0/s1. The Labute approximate surface area is 154 Å². The molecule has 128 valence electrons. The number of nitrogens with zero attached hydrogens (tertiary/aromatic N) is 3. The predicted octanol–water partition coefficient (Wildman–Crippen LogP) is 3.83. The molecule has 0 spiro atoms. The molecule has 2 heterocycles. The summed E-state index contributed by atoms with van der Waals surface area (Å²) in [5.41, 5.74) is 0.960. The maximum atomic E-state index is 12.4. The maximum absolute atomic E-state index is 12.4. The molecule has 1 fully saturated rings. The number of benzene rings is 1. The zero-order chi connectivity index (χ0) is 17.1. The summed E-state index contributed by atoms with van der Waals surface area (Å²) in [6, 6.07) is 7.85. The van der Waals surface area contributed by atoms with Crippen LogP contribution in [0.5, 0.6) is 0 Å². The predicted molar refractivity (Wildman–Crippen MR) is 99.8 cm³/mol. The van der Waals surface area contributed by atoms with Crippen molar-refractivity contribution in [3.8, 4) is 11.4 Å². The van der Waals surface area contributed by atoms with E-state index in [-0.39, 0.29) is 5.91 Å². The Morgan fingerprint density at radius 2 is 2.04 bits per heavy atom. The molecule has 1 saturated heterocycles. The van der Waals surface area contributed by atoms with E-state index >= 15 is 0 Å². The van der Waals surface area contributed by atoms with Crippen molar-refractivity contribution >= 4 is 33.6 Å². The fraction of sp³-hybridized carbons (Fsp3) is 0.471. The van der Waals surface area contributed by atoms with E-state index in [4.69, 9.17) is 0 Å². The fourth-order valence-electron chi connectivity index (χ4n) is 3.17. The lowest BCUT2D eigenvalue weighted by atomic mass is 9.92. The zero-order valence-electron chi connectivity index (χ0n) is 13.8. The van der Waals surface area contributed by atoms with Crippen LogP contribution in [0.1, 0.15) is 20.3 Å². The summed E-state index contributed by atoms with van der Waals surface area (Å²) < 4.78 is 0.963. The number of amides is 1. The van der Waals surface area contributed by atoms with Crippen molar-refractivity contribution in [2.24, 2.45) is 11.8 Å². The van der Waals surface area contributed by atoms with Gasteiger partial charge in [0.2, 0.25) is 11.1 Å². The first-order valence-corrected chi connectivity index (χ1v) is 9.88. The van der Waals surface area contributed by atoms with Crippen LogP contribution in [0.25, 0.3) is 11.4 Å². The van der Waals surface area contributed by atoms with Gasteiger partial charge in [-0.25, -0.2) is 4.98 Å². The van der Waals surface area contributed by atoms with Gasteiger partial charge in [-0.15, -0.1) is 5.10 Å². The molecular weight excluding hydrogens is 388 g/mol. The van der Waals surface area contributed by atoms with Crippen LogP contribution in [0.4, 0.5) is 0 Å². The van der Waals surface area contributed by atoms with Crippen LogP contribution in [0.2, 0.25) is 0 Å². The van der Waals surface area contributed by atoms with Gasteiger partial charge in [-0.2, -0.15) is 0 Å². The Balaban J connectivity index is 1.59. The van der Waals surface area contributed by atoms with Gasteiger partial charge in [0.25, 0.3) is 0 Å². The Morgan fingerprint density at radius 1 is 1.33 bits per heavy atom. The smallest absolute Gasteiger partial charge is 0.233 e. The van der Waals surface area contributed by atoms with Gasteiger partial charge in [0.05, 0.1) is 5.75 Å². The first-order valence-electron chi connectivity index (χ1n) is 8.10. The summed E-state index contributed by atoms with van der Waals surface area (Å²) in [6.45, 7) is 6.14. The molecule has 5 nitrogen and oxygen atoms in total. The number of aromatic nitrogens is 3. The van der Waals surface area contributed by atoms with E-state index in [0.29, 0.717) is 28.6 Å². The van der Waals surface area contributed by atoms with Crippen molar-refractivity contribution in [2.75, 3.05) is 18.8 Å².